The molecule has 1 aromatic carbocycles. The van der Waals surface area contributed by atoms with Gasteiger partial charge in [-0.15, -0.1) is 0 Å². The van der Waals surface area contributed by atoms with Crippen LogP contribution in [0.5, 0.6) is 0 Å². The van der Waals surface area contributed by atoms with Crippen molar-refractivity contribution in [2.75, 3.05) is 6.54 Å². The fourth-order valence-corrected chi connectivity index (χ4v) is 4.34. The van der Waals surface area contributed by atoms with E-state index in [1.807, 2.05) is 6.92 Å². The van der Waals surface area contributed by atoms with Gasteiger partial charge in [-0.05, 0) is 45.2 Å². The molecule has 1 heterocycles. The highest BCUT2D eigenvalue weighted by Crippen LogP contribution is 2.33. The lowest BCUT2D eigenvalue weighted by Crippen LogP contribution is -2.57. The Labute approximate surface area is 119 Å². The van der Waals surface area contributed by atoms with Crippen molar-refractivity contribution in [2.24, 2.45) is 0 Å². The molecule has 20 heavy (non-hydrogen) atoms. The first-order chi connectivity index (χ1) is 9.28. The number of rotatable bonds is 3. The van der Waals surface area contributed by atoms with Crippen molar-refractivity contribution in [3.8, 4) is 0 Å². The van der Waals surface area contributed by atoms with Crippen molar-refractivity contribution in [2.45, 2.75) is 43.5 Å². The molecule has 110 valence electrons. The Balaban J connectivity index is 2.46. The van der Waals surface area contributed by atoms with Gasteiger partial charge in [-0.25, -0.2) is 8.42 Å². The predicted molar refractivity (Wildman–Crippen MR) is 75.0 cm³/mol. The molecule has 1 aliphatic rings. The number of aryl methyl sites for hydroxylation is 1. The minimum atomic E-state index is -3.78. The maximum absolute atomic E-state index is 12.7. The standard InChI is InChI=1S/C14H19NO4S/c1-11-5-7-12(8-6-11)20(18,19)15-10-4-3-9-14(15,2)13(16)17/h5-8H,3-4,9-10H2,1-2H3,(H,16,17). The van der Waals surface area contributed by atoms with Crippen molar-refractivity contribution < 1.29 is 18.3 Å². The lowest BCUT2D eigenvalue weighted by molar-refractivity contribution is -0.149. The smallest absolute Gasteiger partial charge is 0.324 e. The molecule has 0 spiro atoms. The van der Waals surface area contributed by atoms with Gasteiger partial charge in [-0.2, -0.15) is 4.31 Å². The summed E-state index contributed by atoms with van der Waals surface area (Å²) in [5.41, 5.74) is -0.397. The van der Waals surface area contributed by atoms with Gasteiger partial charge in [-0.1, -0.05) is 17.7 Å². The van der Waals surface area contributed by atoms with Gasteiger partial charge in [0.15, 0.2) is 0 Å². The molecule has 0 radical (unpaired) electrons. The summed E-state index contributed by atoms with van der Waals surface area (Å²) >= 11 is 0. The van der Waals surface area contributed by atoms with Crippen LogP contribution in [0.15, 0.2) is 29.2 Å². The van der Waals surface area contributed by atoms with Crippen LogP contribution in [0.25, 0.3) is 0 Å². The van der Waals surface area contributed by atoms with Gasteiger partial charge >= 0.3 is 5.97 Å². The third-order valence-corrected chi connectivity index (χ3v) is 5.93. The van der Waals surface area contributed by atoms with Crippen molar-refractivity contribution in [3.05, 3.63) is 29.8 Å². The monoisotopic (exact) mass is 297 g/mol. The van der Waals surface area contributed by atoms with Crippen LogP contribution >= 0.6 is 0 Å². The lowest BCUT2D eigenvalue weighted by Gasteiger charge is -2.40. The summed E-state index contributed by atoms with van der Waals surface area (Å²) in [4.78, 5) is 11.7. The van der Waals surface area contributed by atoms with E-state index in [1.165, 1.54) is 19.1 Å². The van der Waals surface area contributed by atoms with Gasteiger partial charge in [0.25, 0.3) is 0 Å². The summed E-state index contributed by atoms with van der Waals surface area (Å²) in [6, 6.07) is 6.49. The number of nitrogens with zero attached hydrogens (tertiary/aromatic N) is 1. The van der Waals surface area contributed by atoms with Crippen LogP contribution in [0.4, 0.5) is 0 Å². The first-order valence-corrected chi connectivity index (χ1v) is 8.05. The van der Waals surface area contributed by atoms with E-state index >= 15 is 0 Å². The molecule has 0 aliphatic carbocycles. The van der Waals surface area contributed by atoms with Crippen LogP contribution in [0.2, 0.25) is 0 Å². The first kappa shape index (κ1) is 15.0. The number of benzene rings is 1. The zero-order chi connectivity index (χ0) is 15.0. The third-order valence-electron chi connectivity index (χ3n) is 3.89. The Morgan fingerprint density at radius 1 is 1.25 bits per heavy atom. The van der Waals surface area contributed by atoms with Crippen LogP contribution in [0, 0.1) is 6.92 Å². The Morgan fingerprint density at radius 3 is 2.40 bits per heavy atom. The van der Waals surface area contributed by atoms with E-state index < -0.39 is 21.5 Å². The summed E-state index contributed by atoms with van der Waals surface area (Å²) in [6.45, 7) is 3.61. The second-order valence-corrected chi connectivity index (χ2v) is 7.29. The summed E-state index contributed by atoms with van der Waals surface area (Å²) < 4.78 is 26.5. The highest BCUT2D eigenvalue weighted by Gasteiger charge is 2.47. The van der Waals surface area contributed by atoms with E-state index in [-0.39, 0.29) is 11.4 Å². The zero-order valence-electron chi connectivity index (χ0n) is 11.7. The molecule has 1 saturated heterocycles. The highest BCUT2D eigenvalue weighted by atomic mass is 32.2. The molecule has 1 atom stereocenters. The minimum absolute atomic E-state index is 0.150. The Kier molecular flexibility index (Phi) is 3.88. The molecule has 1 fully saturated rings. The van der Waals surface area contributed by atoms with Crippen molar-refractivity contribution >= 4 is 16.0 Å². The molecular weight excluding hydrogens is 278 g/mol. The van der Waals surface area contributed by atoms with Crippen molar-refractivity contribution in [1.82, 2.24) is 4.31 Å². The normalized spacial score (nSPS) is 24.5. The molecule has 5 nitrogen and oxygen atoms in total. The van der Waals surface area contributed by atoms with Gasteiger partial charge < -0.3 is 5.11 Å². The number of hydrogen-bond acceptors (Lipinski definition) is 3. The van der Waals surface area contributed by atoms with E-state index in [9.17, 15) is 18.3 Å². The van der Waals surface area contributed by atoms with Crippen LogP contribution in [-0.2, 0) is 14.8 Å². The number of carboxylic acid groups (broad SMARTS) is 1. The maximum Gasteiger partial charge on any atom is 0.324 e. The third kappa shape index (κ3) is 2.45. The number of sulfonamides is 1. The summed E-state index contributed by atoms with van der Waals surface area (Å²) in [7, 11) is -3.78. The highest BCUT2D eigenvalue weighted by molar-refractivity contribution is 7.89. The largest absolute Gasteiger partial charge is 0.480 e. The van der Waals surface area contributed by atoms with Crippen LogP contribution in [-0.4, -0.2) is 35.9 Å². The van der Waals surface area contributed by atoms with E-state index in [2.05, 4.69) is 0 Å². The Hall–Kier alpha value is -1.40. The fraction of sp³-hybridized carbons (Fsp3) is 0.500. The molecule has 0 amide bonds. The molecule has 1 N–H and O–H groups in total. The Morgan fingerprint density at radius 2 is 1.85 bits per heavy atom. The average molecular weight is 297 g/mol. The van der Waals surface area contributed by atoms with Gasteiger partial charge in [0.2, 0.25) is 10.0 Å². The zero-order valence-corrected chi connectivity index (χ0v) is 12.5. The van der Waals surface area contributed by atoms with Crippen LogP contribution in [0.1, 0.15) is 31.7 Å². The van der Waals surface area contributed by atoms with Crippen LogP contribution < -0.4 is 0 Å². The summed E-state index contributed by atoms with van der Waals surface area (Å²) in [5.74, 6) is -1.09. The van der Waals surface area contributed by atoms with E-state index in [4.69, 9.17) is 0 Å². The molecule has 1 aromatic rings. The molecule has 1 unspecified atom stereocenters. The first-order valence-electron chi connectivity index (χ1n) is 6.61. The van der Waals surface area contributed by atoms with E-state index in [0.29, 0.717) is 12.8 Å². The summed E-state index contributed by atoms with van der Waals surface area (Å²) in [5, 5.41) is 9.42. The van der Waals surface area contributed by atoms with E-state index in [1.54, 1.807) is 12.1 Å². The number of hydrogen-bond donors (Lipinski definition) is 1. The van der Waals surface area contributed by atoms with Gasteiger partial charge in [-0.3, -0.25) is 4.79 Å². The maximum atomic E-state index is 12.7. The quantitative estimate of drug-likeness (QED) is 0.926. The SMILES string of the molecule is Cc1ccc(S(=O)(=O)N2CCCCC2(C)C(=O)O)cc1. The fourth-order valence-electron chi connectivity index (χ4n) is 2.53. The van der Waals surface area contributed by atoms with Gasteiger partial charge in [0.05, 0.1) is 4.90 Å². The topological polar surface area (TPSA) is 74.7 Å². The number of carbonyl (C=O) groups is 1. The second kappa shape index (κ2) is 5.18. The lowest BCUT2D eigenvalue weighted by atomic mass is 9.91. The van der Waals surface area contributed by atoms with Crippen molar-refractivity contribution in [1.29, 1.82) is 0 Å². The number of aliphatic carboxylic acids is 1. The summed E-state index contributed by atoms with van der Waals surface area (Å²) in [6.07, 6.45) is 1.75. The van der Waals surface area contributed by atoms with Crippen molar-refractivity contribution in [3.63, 3.8) is 0 Å². The average Bonchev–Trinajstić information content (AvgIpc) is 2.39. The molecule has 0 bridgehead atoms. The molecule has 0 saturated carbocycles. The Bertz CT molecular complexity index is 609. The molecule has 1 aliphatic heterocycles. The minimum Gasteiger partial charge on any atom is -0.480 e. The van der Waals surface area contributed by atoms with E-state index in [0.717, 1.165) is 16.3 Å². The van der Waals surface area contributed by atoms with Gasteiger partial charge in [0, 0.05) is 6.54 Å². The van der Waals surface area contributed by atoms with Gasteiger partial charge in [0.1, 0.15) is 5.54 Å². The molecular formula is C14H19NO4S. The second-order valence-electron chi connectivity index (χ2n) is 5.43. The predicted octanol–water partition coefficient (Wildman–Crippen LogP) is 2.01. The molecule has 2 rings (SSSR count). The number of carboxylic acids is 1. The van der Waals surface area contributed by atoms with Crippen LogP contribution in [0.3, 0.4) is 0 Å². The number of piperidine rings is 1. The molecule has 0 aromatic heterocycles. The molecule has 6 heteroatoms.